The van der Waals surface area contributed by atoms with E-state index in [1.165, 1.54) is 10.5 Å². The first kappa shape index (κ1) is 18.9. The molecule has 7 heteroatoms. The molecule has 0 bridgehead atoms. The van der Waals surface area contributed by atoms with Crippen LogP contribution in [0.3, 0.4) is 0 Å². The zero-order valence-corrected chi connectivity index (χ0v) is 15.1. The van der Waals surface area contributed by atoms with Crippen LogP contribution in [0.1, 0.15) is 50.8 Å². The lowest BCUT2D eigenvalue weighted by Crippen LogP contribution is -2.49. The van der Waals surface area contributed by atoms with E-state index in [9.17, 15) is 14.4 Å². The van der Waals surface area contributed by atoms with Crippen molar-refractivity contribution in [1.29, 1.82) is 0 Å². The van der Waals surface area contributed by atoms with Gasteiger partial charge in [-0.3, -0.25) is 14.9 Å². The van der Waals surface area contributed by atoms with Gasteiger partial charge in [-0.1, -0.05) is 38.1 Å². The maximum absolute atomic E-state index is 12.1. The molecule has 136 valence electrons. The highest BCUT2D eigenvalue weighted by atomic mass is 16.2. The van der Waals surface area contributed by atoms with Crippen molar-refractivity contribution in [2.75, 3.05) is 13.1 Å². The molecule has 1 aliphatic rings. The van der Waals surface area contributed by atoms with Crippen molar-refractivity contribution < 1.29 is 14.4 Å². The van der Waals surface area contributed by atoms with Crippen molar-refractivity contribution >= 4 is 17.8 Å². The van der Waals surface area contributed by atoms with Gasteiger partial charge in [-0.2, -0.15) is 0 Å². The molecule has 0 aromatic heterocycles. The molecule has 1 atom stereocenters. The standard InChI is InChI=1S/C18H26N4O3/c1-11(2)12-5-7-13(8-6-12)14(19)9-20-15(23)10-22-17(25)21-16(24)18(22,3)4/h5-8,11,14H,9-10,19H2,1-4H3,(H,20,23)(H,21,24,25). The average Bonchev–Trinajstić information content (AvgIpc) is 2.74. The number of nitrogens with one attached hydrogen (secondary N) is 2. The topological polar surface area (TPSA) is 105 Å². The minimum atomic E-state index is -1.04. The molecule has 4 N–H and O–H groups in total. The van der Waals surface area contributed by atoms with Gasteiger partial charge in [0.25, 0.3) is 5.91 Å². The summed E-state index contributed by atoms with van der Waals surface area (Å²) in [5, 5.41) is 4.93. The van der Waals surface area contributed by atoms with Gasteiger partial charge in [0.1, 0.15) is 12.1 Å². The van der Waals surface area contributed by atoms with Crippen LogP contribution in [0.4, 0.5) is 4.79 Å². The fourth-order valence-electron chi connectivity index (χ4n) is 2.63. The van der Waals surface area contributed by atoms with Crippen LogP contribution in [0.15, 0.2) is 24.3 Å². The third kappa shape index (κ3) is 4.17. The van der Waals surface area contributed by atoms with E-state index in [0.29, 0.717) is 5.92 Å². The van der Waals surface area contributed by atoms with Gasteiger partial charge in [0.15, 0.2) is 0 Å². The van der Waals surface area contributed by atoms with Gasteiger partial charge < -0.3 is 16.0 Å². The number of rotatable bonds is 6. The summed E-state index contributed by atoms with van der Waals surface area (Å²) in [5.41, 5.74) is 7.24. The van der Waals surface area contributed by atoms with E-state index in [1.807, 2.05) is 24.3 Å². The third-order valence-corrected chi connectivity index (χ3v) is 4.55. The number of nitrogens with two attached hydrogens (primary N) is 1. The largest absolute Gasteiger partial charge is 0.353 e. The summed E-state index contributed by atoms with van der Waals surface area (Å²) in [7, 11) is 0. The Labute approximate surface area is 147 Å². The summed E-state index contributed by atoms with van der Waals surface area (Å²) < 4.78 is 0. The molecule has 0 aliphatic carbocycles. The Bertz CT molecular complexity index is 667. The summed E-state index contributed by atoms with van der Waals surface area (Å²) in [5.74, 6) is -0.318. The van der Waals surface area contributed by atoms with Gasteiger partial charge in [0.05, 0.1) is 0 Å². The van der Waals surface area contributed by atoms with Crippen molar-refractivity contribution in [2.45, 2.75) is 45.2 Å². The Hall–Kier alpha value is -2.41. The van der Waals surface area contributed by atoms with Gasteiger partial charge in [-0.05, 0) is 30.9 Å². The molecule has 1 fully saturated rings. The molecule has 2 rings (SSSR count). The Balaban J connectivity index is 1.89. The van der Waals surface area contributed by atoms with Crippen LogP contribution in [-0.2, 0) is 9.59 Å². The Morgan fingerprint density at radius 3 is 2.24 bits per heavy atom. The third-order valence-electron chi connectivity index (χ3n) is 4.55. The first-order valence-corrected chi connectivity index (χ1v) is 8.38. The molecule has 1 unspecified atom stereocenters. The lowest BCUT2D eigenvalue weighted by molar-refractivity contribution is -0.127. The van der Waals surface area contributed by atoms with Gasteiger partial charge in [0.2, 0.25) is 5.91 Å². The molecule has 0 spiro atoms. The fraction of sp³-hybridized carbons (Fsp3) is 0.500. The molecule has 1 heterocycles. The van der Waals surface area contributed by atoms with Crippen molar-refractivity contribution in [3.05, 3.63) is 35.4 Å². The van der Waals surface area contributed by atoms with E-state index in [2.05, 4.69) is 24.5 Å². The van der Waals surface area contributed by atoms with Crippen LogP contribution < -0.4 is 16.4 Å². The molecule has 4 amide bonds. The molecular formula is C18H26N4O3. The number of carbonyl (C=O) groups excluding carboxylic acids is 3. The van der Waals surface area contributed by atoms with Gasteiger partial charge >= 0.3 is 6.03 Å². The predicted molar refractivity (Wildman–Crippen MR) is 94.8 cm³/mol. The zero-order valence-electron chi connectivity index (χ0n) is 15.1. The van der Waals surface area contributed by atoms with Crippen molar-refractivity contribution in [3.63, 3.8) is 0 Å². The van der Waals surface area contributed by atoms with Crippen molar-refractivity contribution in [2.24, 2.45) is 5.73 Å². The number of benzene rings is 1. The van der Waals surface area contributed by atoms with Gasteiger partial charge in [0, 0.05) is 12.6 Å². The first-order chi connectivity index (χ1) is 11.6. The summed E-state index contributed by atoms with van der Waals surface area (Å²) in [6, 6.07) is 7.09. The number of imide groups is 1. The molecule has 1 saturated heterocycles. The highest BCUT2D eigenvalue weighted by Gasteiger charge is 2.46. The van der Waals surface area contributed by atoms with E-state index in [-0.39, 0.29) is 25.0 Å². The first-order valence-electron chi connectivity index (χ1n) is 8.38. The molecule has 0 saturated carbocycles. The van der Waals surface area contributed by atoms with Gasteiger partial charge in [-0.25, -0.2) is 4.79 Å². The Morgan fingerprint density at radius 1 is 1.20 bits per heavy atom. The fourth-order valence-corrected chi connectivity index (χ4v) is 2.63. The Kier molecular flexibility index (Phi) is 5.47. The van der Waals surface area contributed by atoms with Crippen LogP contribution in [-0.4, -0.2) is 41.4 Å². The second kappa shape index (κ2) is 7.23. The lowest BCUT2D eigenvalue weighted by Gasteiger charge is -2.27. The summed E-state index contributed by atoms with van der Waals surface area (Å²) in [6.07, 6.45) is 0. The minimum absolute atomic E-state index is 0.191. The number of urea groups is 1. The normalized spacial score (nSPS) is 17.6. The number of hydrogen-bond acceptors (Lipinski definition) is 4. The number of hydrogen-bond donors (Lipinski definition) is 3. The quantitative estimate of drug-likeness (QED) is 0.674. The zero-order chi connectivity index (χ0) is 18.8. The SMILES string of the molecule is CC(C)c1ccc(C(N)CNC(=O)CN2C(=O)NC(=O)C2(C)C)cc1. The van der Waals surface area contributed by atoms with Gasteiger partial charge in [-0.15, -0.1) is 0 Å². The summed E-state index contributed by atoms with van der Waals surface area (Å²) in [4.78, 5) is 36.8. The molecule has 1 aliphatic heterocycles. The lowest BCUT2D eigenvalue weighted by atomic mass is 9.99. The number of amides is 4. The van der Waals surface area contributed by atoms with Crippen LogP contribution in [0.25, 0.3) is 0 Å². The summed E-state index contributed by atoms with van der Waals surface area (Å²) in [6.45, 7) is 7.50. The molecular weight excluding hydrogens is 320 g/mol. The second-order valence-corrected chi connectivity index (χ2v) is 7.14. The van der Waals surface area contributed by atoms with E-state index in [1.54, 1.807) is 13.8 Å². The molecule has 25 heavy (non-hydrogen) atoms. The molecule has 1 aromatic rings. The number of carbonyl (C=O) groups is 3. The van der Waals surface area contributed by atoms with Crippen LogP contribution in [0.2, 0.25) is 0 Å². The van der Waals surface area contributed by atoms with E-state index >= 15 is 0 Å². The average molecular weight is 346 g/mol. The smallest absolute Gasteiger partial charge is 0.325 e. The summed E-state index contributed by atoms with van der Waals surface area (Å²) >= 11 is 0. The maximum Gasteiger partial charge on any atom is 0.325 e. The number of nitrogens with zero attached hydrogens (tertiary/aromatic N) is 1. The van der Waals surface area contributed by atoms with Crippen LogP contribution in [0, 0.1) is 0 Å². The highest BCUT2D eigenvalue weighted by Crippen LogP contribution is 2.20. The predicted octanol–water partition coefficient (Wildman–Crippen LogP) is 1.26. The monoisotopic (exact) mass is 346 g/mol. The van der Waals surface area contributed by atoms with Crippen LogP contribution >= 0.6 is 0 Å². The second-order valence-electron chi connectivity index (χ2n) is 7.14. The van der Waals surface area contributed by atoms with E-state index < -0.39 is 17.5 Å². The van der Waals surface area contributed by atoms with Crippen molar-refractivity contribution in [1.82, 2.24) is 15.5 Å². The highest BCUT2D eigenvalue weighted by molar-refractivity contribution is 6.07. The maximum atomic E-state index is 12.1. The van der Waals surface area contributed by atoms with Crippen molar-refractivity contribution in [3.8, 4) is 0 Å². The molecule has 0 radical (unpaired) electrons. The molecule has 7 nitrogen and oxygen atoms in total. The molecule has 1 aromatic carbocycles. The van der Waals surface area contributed by atoms with Crippen LogP contribution in [0.5, 0.6) is 0 Å². The van der Waals surface area contributed by atoms with E-state index in [4.69, 9.17) is 5.73 Å². The minimum Gasteiger partial charge on any atom is -0.353 e. The Morgan fingerprint density at radius 2 is 1.76 bits per heavy atom. The van der Waals surface area contributed by atoms with E-state index in [0.717, 1.165) is 5.56 Å².